The zero-order chi connectivity index (χ0) is 22.8. The number of pyridine rings is 2. The van der Waals surface area contributed by atoms with Crippen LogP contribution in [0.2, 0.25) is 0 Å². The number of aromatic nitrogens is 2. The van der Waals surface area contributed by atoms with E-state index >= 15 is 4.39 Å². The highest BCUT2D eigenvalue weighted by molar-refractivity contribution is 5.92. The molecular weight excluding hydrogens is 425 g/mol. The number of hydrogen-bond donors (Lipinski definition) is 3. The molecule has 172 valence electrons. The molecule has 1 saturated heterocycles. The number of halogens is 1. The minimum Gasteiger partial charge on any atom is -0.474 e. The molecule has 0 spiro atoms. The molecule has 0 bridgehead atoms. The smallest absolute Gasteiger partial charge is 0.412 e. The number of nitrogens with zero attached hydrogens (tertiary/aromatic N) is 2. The topological polar surface area (TPSA) is 97.4 Å². The number of anilines is 2. The van der Waals surface area contributed by atoms with Crippen LogP contribution in [-0.4, -0.2) is 48.4 Å². The van der Waals surface area contributed by atoms with Crippen molar-refractivity contribution in [3.63, 3.8) is 0 Å². The molecule has 5 rings (SSSR count). The molecule has 9 heteroatoms. The van der Waals surface area contributed by atoms with E-state index in [4.69, 9.17) is 9.47 Å². The Morgan fingerprint density at radius 2 is 2.09 bits per heavy atom. The first-order valence-electron chi connectivity index (χ1n) is 11.2. The van der Waals surface area contributed by atoms with Gasteiger partial charge in [-0.05, 0) is 55.5 Å². The van der Waals surface area contributed by atoms with Gasteiger partial charge in [0.15, 0.2) is 0 Å². The van der Waals surface area contributed by atoms with Crippen molar-refractivity contribution < 1.29 is 18.7 Å². The van der Waals surface area contributed by atoms with Gasteiger partial charge in [0.05, 0.1) is 0 Å². The van der Waals surface area contributed by atoms with Crippen molar-refractivity contribution in [2.75, 3.05) is 36.9 Å². The van der Waals surface area contributed by atoms with Crippen LogP contribution in [0, 0.1) is 12.7 Å². The Balaban J connectivity index is 1.37. The van der Waals surface area contributed by atoms with E-state index in [-0.39, 0.29) is 11.9 Å². The molecule has 0 saturated carbocycles. The number of ether oxygens (including phenoxy) is 2. The van der Waals surface area contributed by atoms with E-state index in [9.17, 15) is 4.79 Å². The van der Waals surface area contributed by atoms with Crippen LogP contribution < -0.4 is 20.7 Å². The van der Waals surface area contributed by atoms with E-state index in [1.165, 1.54) is 12.3 Å². The van der Waals surface area contributed by atoms with Crippen molar-refractivity contribution in [3.05, 3.63) is 42.0 Å². The highest BCUT2D eigenvalue weighted by Gasteiger charge is 2.20. The van der Waals surface area contributed by atoms with Gasteiger partial charge in [-0.15, -0.1) is 0 Å². The van der Waals surface area contributed by atoms with Crippen molar-refractivity contribution >= 4 is 28.4 Å². The predicted octanol–water partition coefficient (Wildman–Crippen LogP) is 4.24. The van der Waals surface area contributed by atoms with E-state index in [0.717, 1.165) is 42.4 Å². The van der Waals surface area contributed by atoms with E-state index in [0.29, 0.717) is 48.0 Å². The first-order valence-corrected chi connectivity index (χ1v) is 11.2. The van der Waals surface area contributed by atoms with E-state index in [2.05, 4.69) is 25.9 Å². The fourth-order valence-corrected chi connectivity index (χ4v) is 4.32. The summed E-state index contributed by atoms with van der Waals surface area (Å²) in [6, 6.07) is 5.08. The first-order chi connectivity index (χ1) is 16.1. The molecule has 2 aromatic heterocycles. The van der Waals surface area contributed by atoms with Gasteiger partial charge in [-0.1, -0.05) is 6.42 Å². The van der Waals surface area contributed by atoms with Gasteiger partial charge in [-0.2, -0.15) is 0 Å². The molecule has 3 aromatic rings. The summed E-state index contributed by atoms with van der Waals surface area (Å²) in [5.74, 6) is 0.504. The fourth-order valence-electron chi connectivity index (χ4n) is 4.32. The first kappa shape index (κ1) is 21.4. The average Bonchev–Trinajstić information content (AvgIpc) is 2.84. The zero-order valence-electron chi connectivity index (χ0n) is 18.4. The van der Waals surface area contributed by atoms with Gasteiger partial charge in [0, 0.05) is 41.5 Å². The van der Waals surface area contributed by atoms with Gasteiger partial charge < -0.3 is 20.1 Å². The van der Waals surface area contributed by atoms with Gasteiger partial charge in [0.25, 0.3) is 0 Å². The summed E-state index contributed by atoms with van der Waals surface area (Å²) in [6.07, 6.45) is 5.88. The molecule has 8 nitrogen and oxygen atoms in total. The number of benzene rings is 1. The van der Waals surface area contributed by atoms with Crippen molar-refractivity contribution in [1.29, 1.82) is 0 Å². The normalized spacial score (nSPS) is 17.6. The average molecular weight is 452 g/mol. The molecule has 33 heavy (non-hydrogen) atoms. The molecule has 1 amide bonds. The standard InChI is InChI=1S/C24H26FN5O3/c1-14-19(12-29-23-22(14)27-6-7-32-23)18-8-15-10-21(28-11-16(15)9-20(18)25)30-24(31)33-13-17-4-2-3-5-26-17/h8-12,17,26-27H,2-7,13H2,1H3,(H,28,30,31). The Morgan fingerprint density at radius 3 is 2.94 bits per heavy atom. The Kier molecular flexibility index (Phi) is 5.95. The molecule has 3 N–H and O–H groups in total. The number of carbonyl (C=O) groups excluding carboxylic acids is 1. The quantitative estimate of drug-likeness (QED) is 0.546. The van der Waals surface area contributed by atoms with Gasteiger partial charge in [-0.3, -0.25) is 5.32 Å². The monoisotopic (exact) mass is 451 g/mol. The number of amides is 1. The second kappa shape index (κ2) is 9.19. The lowest BCUT2D eigenvalue weighted by Gasteiger charge is -2.22. The van der Waals surface area contributed by atoms with Crippen LogP contribution >= 0.6 is 0 Å². The summed E-state index contributed by atoms with van der Waals surface area (Å²) < 4.78 is 25.9. The lowest BCUT2D eigenvalue weighted by Crippen LogP contribution is -2.38. The highest BCUT2D eigenvalue weighted by atomic mass is 19.1. The third-order valence-electron chi connectivity index (χ3n) is 6.10. The molecule has 1 aromatic carbocycles. The van der Waals surface area contributed by atoms with Crippen molar-refractivity contribution in [2.24, 2.45) is 0 Å². The van der Waals surface area contributed by atoms with Gasteiger partial charge in [0.1, 0.15) is 30.5 Å². The van der Waals surface area contributed by atoms with Crippen LogP contribution in [0.5, 0.6) is 5.88 Å². The Morgan fingerprint density at radius 1 is 1.18 bits per heavy atom. The maximum Gasteiger partial charge on any atom is 0.412 e. The van der Waals surface area contributed by atoms with Crippen molar-refractivity contribution in [2.45, 2.75) is 32.2 Å². The lowest BCUT2D eigenvalue weighted by molar-refractivity contribution is 0.141. The summed E-state index contributed by atoms with van der Waals surface area (Å²) >= 11 is 0. The van der Waals surface area contributed by atoms with E-state index in [1.54, 1.807) is 18.3 Å². The van der Waals surface area contributed by atoms with Crippen molar-refractivity contribution in [1.82, 2.24) is 15.3 Å². The fraction of sp³-hybridized carbons (Fsp3) is 0.375. The van der Waals surface area contributed by atoms with Crippen LogP contribution in [0.3, 0.4) is 0 Å². The van der Waals surface area contributed by atoms with Crippen molar-refractivity contribution in [3.8, 4) is 17.0 Å². The number of hydrogen-bond acceptors (Lipinski definition) is 7. The summed E-state index contributed by atoms with van der Waals surface area (Å²) in [4.78, 5) is 20.8. The molecule has 2 aliphatic heterocycles. The minimum atomic E-state index is -0.558. The molecule has 0 radical (unpaired) electrons. The number of fused-ring (bicyclic) bond motifs is 2. The lowest BCUT2D eigenvalue weighted by atomic mass is 9.98. The highest BCUT2D eigenvalue weighted by Crippen LogP contribution is 2.37. The Labute approximate surface area is 190 Å². The van der Waals surface area contributed by atoms with E-state index in [1.807, 2.05) is 6.92 Å². The van der Waals surface area contributed by atoms with Gasteiger partial charge >= 0.3 is 6.09 Å². The Hall–Kier alpha value is -3.46. The van der Waals surface area contributed by atoms with E-state index < -0.39 is 6.09 Å². The zero-order valence-corrected chi connectivity index (χ0v) is 18.4. The minimum absolute atomic E-state index is 0.188. The summed E-state index contributed by atoms with van der Waals surface area (Å²) in [5.41, 5.74) is 2.75. The van der Waals surface area contributed by atoms with Crippen LogP contribution in [0.1, 0.15) is 24.8 Å². The molecule has 4 heterocycles. The number of nitrogens with one attached hydrogen (secondary N) is 3. The SMILES string of the molecule is Cc1c(-c2cc3cc(NC(=O)OCC4CCCCN4)ncc3cc2F)cnc2c1NCCO2. The second-order valence-corrected chi connectivity index (χ2v) is 8.37. The maximum absolute atomic E-state index is 15.0. The maximum atomic E-state index is 15.0. The molecule has 1 fully saturated rings. The van der Waals surface area contributed by atoms with Crippen LogP contribution in [0.4, 0.5) is 20.7 Å². The van der Waals surface area contributed by atoms with Gasteiger partial charge in [-0.25, -0.2) is 19.2 Å². The number of carbonyl (C=O) groups is 1. The summed E-state index contributed by atoms with van der Waals surface area (Å²) in [6.45, 7) is 4.40. The second-order valence-electron chi connectivity index (χ2n) is 8.37. The molecular formula is C24H26FN5O3. The number of piperidine rings is 1. The predicted molar refractivity (Wildman–Crippen MR) is 124 cm³/mol. The molecule has 1 atom stereocenters. The largest absolute Gasteiger partial charge is 0.474 e. The van der Waals surface area contributed by atoms with Crippen LogP contribution in [0.25, 0.3) is 21.9 Å². The molecule has 0 aliphatic carbocycles. The third-order valence-corrected chi connectivity index (χ3v) is 6.10. The Bertz CT molecular complexity index is 1200. The molecule has 1 unspecified atom stereocenters. The number of rotatable bonds is 4. The van der Waals surface area contributed by atoms with Crippen LogP contribution in [0.15, 0.2) is 30.6 Å². The molecule has 2 aliphatic rings. The van der Waals surface area contributed by atoms with Crippen LogP contribution in [-0.2, 0) is 4.74 Å². The summed E-state index contributed by atoms with van der Waals surface area (Å²) in [7, 11) is 0. The van der Waals surface area contributed by atoms with Gasteiger partial charge in [0.2, 0.25) is 5.88 Å². The third kappa shape index (κ3) is 4.54. The summed E-state index contributed by atoms with van der Waals surface area (Å²) in [5, 5.41) is 10.7.